The molecule has 20 heavy (non-hydrogen) atoms. The monoisotopic (exact) mass is 348 g/mol. The molecule has 0 bridgehead atoms. The van der Waals surface area contributed by atoms with E-state index in [-0.39, 0.29) is 0 Å². The van der Waals surface area contributed by atoms with Gasteiger partial charge >= 0.3 is 0 Å². The van der Waals surface area contributed by atoms with Crippen LogP contribution in [0.4, 0.5) is 0 Å². The highest BCUT2D eigenvalue weighted by Crippen LogP contribution is 2.32. The number of benzene rings is 1. The standard InChI is InChI=1S/C15H10BrClN2O/c1-9-11(16)4-7-14(19-9)20-13-6-5-12(17)10-3-2-8-18-15(10)13/h2-8H,1H3. The molecular weight excluding hydrogens is 340 g/mol. The molecule has 2 aromatic heterocycles. The van der Waals surface area contributed by atoms with Gasteiger partial charge in [-0.05, 0) is 53.2 Å². The first-order valence-corrected chi connectivity index (χ1v) is 7.16. The van der Waals surface area contributed by atoms with Gasteiger partial charge in [-0.2, -0.15) is 0 Å². The summed E-state index contributed by atoms with van der Waals surface area (Å²) < 4.78 is 6.78. The minimum atomic E-state index is 0.528. The zero-order chi connectivity index (χ0) is 14.1. The Labute approximate surface area is 129 Å². The van der Waals surface area contributed by atoms with Gasteiger partial charge in [0.1, 0.15) is 5.52 Å². The minimum Gasteiger partial charge on any atom is -0.437 e. The summed E-state index contributed by atoms with van der Waals surface area (Å²) in [5.41, 5.74) is 1.59. The first kappa shape index (κ1) is 13.3. The van der Waals surface area contributed by atoms with Crippen LogP contribution < -0.4 is 4.74 Å². The zero-order valence-electron chi connectivity index (χ0n) is 10.6. The number of aromatic nitrogens is 2. The maximum atomic E-state index is 6.16. The second-order valence-corrected chi connectivity index (χ2v) is 5.53. The van der Waals surface area contributed by atoms with Gasteiger partial charge in [0.15, 0.2) is 5.75 Å². The highest BCUT2D eigenvalue weighted by molar-refractivity contribution is 9.10. The molecule has 0 amide bonds. The lowest BCUT2D eigenvalue weighted by Gasteiger charge is -2.09. The molecule has 0 saturated carbocycles. The molecule has 0 aliphatic rings. The molecule has 0 atom stereocenters. The summed E-state index contributed by atoms with van der Waals surface area (Å²) in [6.07, 6.45) is 1.71. The average Bonchev–Trinajstić information content (AvgIpc) is 2.46. The van der Waals surface area contributed by atoms with E-state index in [9.17, 15) is 0 Å². The van der Waals surface area contributed by atoms with E-state index in [2.05, 4.69) is 25.9 Å². The van der Waals surface area contributed by atoms with Gasteiger partial charge in [-0.25, -0.2) is 4.98 Å². The summed E-state index contributed by atoms with van der Waals surface area (Å²) in [5, 5.41) is 1.51. The summed E-state index contributed by atoms with van der Waals surface area (Å²) >= 11 is 9.58. The number of nitrogens with zero attached hydrogens (tertiary/aromatic N) is 2. The second-order valence-electron chi connectivity index (χ2n) is 4.26. The van der Waals surface area contributed by atoms with Crippen molar-refractivity contribution >= 4 is 38.4 Å². The predicted molar refractivity (Wildman–Crippen MR) is 83.5 cm³/mol. The lowest BCUT2D eigenvalue weighted by atomic mass is 10.2. The number of rotatable bonds is 2. The third kappa shape index (κ3) is 2.49. The molecule has 2 heterocycles. The van der Waals surface area contributed by atoms with Crippen LogP contribution in [0.25, 0.3) is 10.9 Å². The Morgan fingerprint density at radius 3 is 2.80 bits per heavy atom. The Hall–Kier alpha value is -1.65. The lowest BCUT2D eigenvalue weighted by molar-refractivity contribution is 0.465. The van der Waals surface area contributed by atoms with E-state index in [0.717, 1.165) is 21.1 Å². The largest absolute Gasteiger partial charge is 0.437 e. The molecule has 1 aromatic carbocycles. The SMILES string of the molecule is Cc1nc(Oc2ccc(Cl)c3cccnc23)ccc1Br. The number of hydrogen-bond acceptors (Lipinski definition) is 3. The van der Waals surface area contributed by atoms with Crippen molar-refractivity contribution in [2.24, 2.45) is 0 Å². The number of hydrogen-bond donors (Lipinski definition) is 0. The molecule has 0 N–H and O–H groups in total. The van der Waals surface area contributed by atoms with Crippen LogP contribution in [0.5, 0.6) is 11.6 Å². The number of halogens is 2. The molecule has 0 spiro atoms. The number of aryl methyl sites for hydroxylation is 1. The molecule has 0 unspecified atom stereocenters. The molecule has 0 radical (unpaired) electrons. The van der Waals surface area contributed by atoms with Gasteiger partial charge in [0.25, 0.3) is 0 Å². The van der Waals surface area contributed by atoms with Crippen LogP contribution in [0, 0.1) is 6.92 Å². The fraction of sp³-hybridized carbons (Fsp3) is 0.0667. The fourth-order valence-electron chi connectivity index (χ4n) is 1.88. The number of pyridine rings is 2. The maximum absolute atomic E-state index is 6.16. The van der Waals surface area contributed by atoms with Crippen molar-refractivity contribution in [2.75, 3.05) is 0 Å². The molecule has 0 fully saturated rings. The van der Waals surface area contributed by atoms with Gasteiger partial charge in [0.05, 0.1) is 10.7 Å². The molecule has 0 saturated heterocycles. The summed E-state index contributed by atoms with van der Waals surface area (Å²) in [4.78, 5) is 8.70. The van der Waals surface area contributed by atoms with E-state index in [4.69, 9.17) is 16.3 Å². The van der Waals surface area contributed by atoms with Gasteiger partial charge in [-0.3, -0.25) is 4.98 Å². The summed E-state index contributed by atoms with van der Waals surface area (Å²) in [5.74, 6) is 1.17. The first-order chi connectivity index (χ1) is 9.65. The third-order valence-corrected chi connectivity index (χ3v) is 4.06. The third-order valence-electron chi connectivity index (χ3n) is 2.89. The van der Waals surface area contributed by atoms with Crippen molar-refractivity contribution in [3.63, 3.8) is 0 Å². The molecular formula is C15H10BrClN2O. The Bertz CT molecular complexity index is 792. The Balaban J connectivity index is 2.06. The molecule has 3 aromatic rings. The van der Waals surface area contributed by atoms with E-state index < -0.39 is 0 Å². The van der Waals surface area contributed by atoms with E-state index in [1.54, 1.807) is 24.4 Å². The Morgan fingerprint density at radius 2 is 2.00 bits per heavy atom. The quantitative estimate of drug-likeness (QED) is 0.642. The Kier molecular flexibility index (Phi) is 3.59. The maximum Gasteiger partial charge on any atom is 0.219 e. The van der Waals surface area contributed by atoms with Crippen molar-refractivity contribution in [1.29, 1.82) is 0 Å². The van der Waals surface area contributed by atoms with Gasteiger partial charge in [-0.1, -0.05) is 11.6 Å². The molecule has 100 valence electrons. The summed E-state index contributed by atoms with van der Waals surface area (Å²) in [6.45, 7) is 1.91. The number of ether oxygens (including phenoxy) is 1. The fourth-order valence-corrected chi connectivity index (χ4v) is 2.32. The number of fused-ring (bicyclic) bond motifs is 1. The zero-order valence-corrected chi connectivity index (χ0v) is 12.9. The lowest BCUT2D eigenvalue weighted by Crippen LogP contribution is -1.92. The predicted octanol–water partition coefficient (Wildman–Crippen LogP) is 5.15. The van der Waals surface area contributed by atoms with Crippen LogP contribution >= 0.6 is 27.5 Å². The summed E-state index contributed by atoms with van der Waals surface area (Å²) in [7, 11) is 0. The minimum absolute atomic E-state index is 0.528. The van der Waals surface area contributed by atoms with Gasteiger partial charge in [0.2, 0.25) is 5.88 Å². The molecule has 0 aliphatic heterocycles. The first-order valence-electron chi connectivity index (χ1n) is 5.99. The second kappa shape index (κ2) is 5.38. The van der Waals surface area contributed by atoms with Crippen molar-refractivity contribution in [1.82, 2.24) is 9.97 Å². The molecule has 3 rings (SSSR count). The van der Waals surface area contributed by atoms with Crippen LogP contribution in [0.1, 0.15) is 5.69 Å². The topological polar surface area (TPSA) is 35.0 Å². The van der Waals surface area contributed by atoms with Gasteiger partial charge in [-0.15, -0.1) is 0 Å². The van der Waals surface area contributed by atoms with Gasteiger partial charge < -0.3 is 4.74 Å². The van der Waals surface area contributed by atoms with Gasteiger partial charge in [0, 0.05) is 22.1 Å². The highest BCUT2D eigenvalue weighted by atomic mass is 79.9. The normalized spacial score (nSPS) is 10.8. The molecule has 5 heteroatoms. The van der Waals surface area contributed by atoms with E-state index in [1.807, 2.05) is 25.1 Å². The smallest absolute Gasteiger partial charge is 0.219 e. The molecule has 3 nitrogen and oxygen atoms in total. The summed E-state index contributed by atoms with van der Waals surface area (Å²) in [6, 6.07) is 11.1. The van der Waals surface area contributed by atoms with Crippen molar-refractivity contribution in [3.05, 3.63) is 57.8 Å². The van der Waals surface area contributed by atoms with Crippen molar-refractivity contribution in [3.8, 4) is 11.6 Å². The Morgan fingerprint density at radius 1 is 1.15 bits per heavy atom. The average molecular weight is 350 g/mol. The van der Waals surface area contributed by atoms with Crippen LogP contribution in [0.3, 0.4) is 0 Å². The van der Waals surface area contributed by atoms with E-state index >= 15 is 0 Å². The van der Waals surface area contributed by atoms with Crippen LogP contribution in [-0.2, 0) is 0 Å². The van der Waals surface area contributed by atoms with Crippen molar-refractivity contribution < 1.29 is 4.74 Å². The van der Waals surface area contributed by atoms with E-state index in [0.29, 0.717) is 16.7 Å². The van der Waals surface area contributed by atoms with Crippen LogP contribution in [0.2, 0.25) is 5.02 Å². The highest BCUT2D eigenvalue weighted by Gasteiger charge is 2.09. The molecule has 0 aliphatic carbocycles. The van der Waals surface area contributed by atoms with Crippen molar-refractivity contribution in [2.45, 2.75) is 6.92 Å². The van der Waals surface area contributed by atoms with Crippen LogP contribution in [0.15, 0.2) is 47.1 Å². The van der Waals surface area contributed by atoms with Crippen LogP contribution in [-0.4, -0.2) is 9.97 Å². The van der Waals surface area contributed by atoms with E-state index in [1.165, 1.54) is 0 Å².